The summed E-state index contributed by atoms with van der Waals surface area (Å²) in [7, 11) is 3.35. The molecule has 1 aromatic heterocycles. The molecule has 0 amide bonds. The molecular formula is C20H19ClF2N2O2S. The summed E-state index contributed by atoms with van der Waals surface area (Å²) in [5.41, 5.74) is 2.66. The minimum absolute atomic E-state index is 0.0260. The number of alkyl halides is 2. The predicted octanol–water partition coefficient (Wildman–Crippen LogP) is 5.71. The average Bonchev–Trinajstić information content (AvgIpc) is 3.10. The average molecular weight is 425 g/mol. The van der Waals surface area contributed by atoms with Gasteiger partial charge in [0.05, 0.1) is 17.8 Å². The Balaban J connectivity index is 1.68. The first-order valence-corrected chi connectivity index (χ1v) is 9.71. The van der Waals surface area contributed by atoms with E-state index in [1.54, 1.807) is 12.1 Å². The normalized spacial score (nSPS) is 11.2. The van der Waals surface area contributed by atoms with E-state index in [0.717, 1.165) is 21.8 Å². The maximum absolute atomic E-state index is 12.6. The molecule has 1 heterocycles. The van der Waals surface area contributed by atoms with Gasteiger partial charge >= 0.3 is 6.61 Å². The number of aromatic nitrogens is 1. The summed E-state index contributed by atoms with van der Waals surface area (Å²) >= 11 is 7.77. The predicted molar refractivity (Wildman–Crippen MR) is 107 cm³/mol. The second-order valence-corrected chi connectivity index (χ2v) is 7.43. The zero-order valence-corrected chi connectivity index (χ0v) is 16.9. The lowest BCUT2D eigenvalue weighted by atomic mass is 10.2. The van der Waals surface area contributed by atoms with Crippen molar-refractivity contribution in [2.75, 3.05) is 14.2 Å². The number of benzene rings is 2. The molecule has 0 aliphatic heterocycles. The lowest BCUT2D eigenvalue weighted by Gasteiger charge is -2.17. The van der Waals surface area contributed by atoms with Crippen LogP contribution in [-0.4, -0.2) is 30.7 Å². The number of halogens is 3. The van der Waals surface area contributed by atoms with Gasteiger partial charge < -0.3 is 9.47 Å². The lowest BCUT2D eigenvalue weighted by Crippen LogP contribution is -2.17. The van der Waals surface area contributed by atoms with Crippen LogP contribution in [0.15, 0.2) is 47.8 Å². The molecule has 8 heteroatoms. The minimum atomic E-state index is -2.90. The molecule has 0 aliphatic carbocycles. The first-order chi connectivity index (χ1) is 13.5. The zero-order chi connectivity index (χ0) is 20.1. The molecule has 0 bridgehead atoms. The summed E-state index contributed by atoms with van der Waals surface area (Å²) in [4.78, 5) is 6.70. The summed E-state index contributed by atoms with van der Waals surface area (Å²) in [6.45, 7) is -1.75. The number of nitrogens with zero attached hydrogens (tertiary/aromatic N) is 2. The number of thiazole rings is 1. The topological polar surface area (TPSA) is 34.6 Å². The molecule has 3 aromatic rings. The van der Waals surface area contributed by atoms with Gasteiger partial charge in [0.25, 0.3) is 0 Å². The van der Waals surface area contributed by atoms with Crippen molar-refractivity contribution in [2.24, 2.45) is 0 Å². The third kappa shape index (κ3) is 5.19. The van der Waals surface area contributed by atoms with E-state index in [0.29, 0.717) is 18.1 Å². The third-order valence-corrected chi connectivity index (χ3v) is 5.24. The number of hydrogen-bond donors (Lipinski definition) is 0. The lowest BCUT2D eigenvalue weighted by molar-refractivity contribution is -0.0512. The number of ether oxygens (including phenoxy) is 2. The molecule has 2 aromatic carbocycles. The van der Waals surface area contributed by atoms with Crippen molar-refractivity contribution >= 4 is 22.9 Å². The second-order valence-electron chi connectivity index (χ2n) is 6.16. The van der Waals surface area contributed by atoms with Crippen molar-refractivity contribution in [3.05, 3.63) is 64.1 Å². The van der Waals surface area contributed by atoms with Crippen molar-refractivity contribution in [3.63, 3.8) is 0 Å². The molecule has 0 saturated heterocycles. The number of rotatable bonds is 8. The largest absolute Gasteiger partial charge is 0.493 e. The van der Waals surface area contributed by atoms with Crippen LogP contribution in [0.5, 0.6) is 11.5 Å². The molecule has 0 spiro atoms. The van der Waals surface area contributed by atoms with E-state index in [4.69, 9.17) is 16.3 Å². The maximum atomic E-state index is 12.6. The molecule has 0 aliphatic rings. The molecule has 0 unspecified atom stereocenters. The molecule has 0 fully saturated rings. The zero-order valence-electron chi connectivity index (χ0n) is 15.4. The SMILES string of the molecule is COc1ccc(CN(C)Cc2csc(-c3ccccc3Cl)n2)cc1OC(F)F. The van der Waals surface area contributed by atoms with Crippen molar-refractivity contribution in [1.29, 1.82) is 0 Å². The van der Waals surface area contributed by atoms with E-state index in [2.05, 4.69) is 9.72 Å². The van der Waals surface area contributed by atoms with Crippen LogP contribution in [0.1, 0.15) is 11.3 Å². The maximum Gasteiger partial charge on any atom is 0.387 e. The first-order valence-electron chi connectivity index (χ1n) is 8.46. The highest BCUT2D eigenvalue weighted by atomic mass is 35.5. The Morgan fingerprint density at radius 3 is 2.64 bits per heavy atom. The Morgan fingerprint density at radius 1 is 1.14 bits per heavy atom. The van der Waals surface area contributed by atoms with Crippen LogP contribution >= 0.6 is 22.9 Å². The molecule has 0 atom stereocenters. The van der Waals surface area contributed by atoms with Crippen LogP contribution in [0.2, 0.25) is 5.02 Å². The fourth-order valence-corrected chi connectivity index (χ4v) is 3.92. The number of hydrogen-bond acceptors (Lipinski definition) is 5. The molecule has 4 nitrogen and oxygen atoms in total. The van der Waals surface area contributed by atoms with Gasteiger partial charge in [-0.1, -0.05) is 35.9 Å². The number of methoxy groups -OCH3 is 1. The van der Waals surface area contributed by atoms with Gasteiger partial charge in [-0.05, 0) is 30.8 Å². The Bertz CT molecular complexity index is 936. The highest BCUT2D eigenvalue weighted by molar-refractivity contribution is 7.13. The molecule has 3 rings (SSSR count). The fourth-order valence-electron chi connectivity index (χ4n) is 2.79. The Kier molecular flexibility index (Phi) is 6.83. The highest BCUT2D eigenvalue weighted by Gasteiger charge is 2.13. The second kappa shape index (κ2) is 9.32. The van der Waals surface area contributed by atoms with Crippen LogP contribution in [0, 0.1) is 0 Å². The minimum Gasteiger partial charge on any atom is -0.493 e. The molecular weight excluding hydrogens is 406 g/mol. The van der Waals surface area contributed by atoms with Crippen molar-refractivity contribution in [2.45, 2.75) is 19.7 Å². The van der Waals surface area contributed by atoms with E-state index in [1.807, 2.05) is 47.7 Å². The van der Waals surface area contributed by atoms with Crippen molar-refractivity contribution in [3.8, 4) is 22.1 Å². The van der Waals surface area contributed by atoms with Gasteiger partial charge in [-0.15, -0.1) is 11.3 Å². The van der Waals surface area contributed by atoms with Gasteiger partial charge in [0.1, 0.15) is 5.01 Å². The third-order valence-electron chi connectivity index (χ3n) is 3.98. The highest BCUT2D eigenvalue weighted by Crippen LogP contribution is 2.31. The van der Waals surface area contributed by atoms with E-state index in [-0.39, 0.29) is 11.5 Å². The smallest absolute Gasteiger partial charge is 0.387 e. The Morgan fingerprint density at radius 2 is 1.93 bits per heavy atom. The van der Waals surface area contributed by atoms with Crippen LogP contribution in [0.25, 0.3) is 10.6 Å². The summed E-state index contributed by atoms with van der Waals surface area (Å²) in [5, 5.41) is 3.53. The molecule has 0 radical (unpaired) electrons. The molecule has 0 saturated carbocycles. The van der Waals surface area contributed by atoms with Crippen molar-refractivity contribution < 1.29 is 18.3 Å². The van der Waals surface area contributed by atoms with Crippen molar-refractivity contribution in [1.82, 2.24) is 9.88 Å². The first kappa shape index (κ1) is 20.5. The Hall–Kier alpha value is -2.22. The van der Waals surface area contributed by atoms with E-state index >= 15 is 0 Å². The van der Waals surface area contributed by atoms with Crippen LogP contribution in [0.3, 0.4) is 0 Å². The van der Waals surface area contributed by atoms with Crippen LogP contribution in [0.4, 0.5) is 8.78 Å². The van der Waals surface area contributed by atoms with Gasteiger partial charge in [-0.2, -0.15) is 8.78 Å². The monoisotopic (exact) mass is 424 g/mol. The van der Waals surface area contributed by atoms with Gasteiger partial charge in [-0.3, -0.25) is 4.90 Å². The summed E-state index contributed by atoms with van der Waals surface area (Å²) in [6, 6.07) is 12.6. The summed E-state index contributed by atoms with van der Waals surface area (Å²) in [5.74, 6) is 0.300. The molecule has 0 N–H and O–H groups in total. The van der Waals surface area contributed by atoms with E-state index in [1.165, 1.54) is 18.4 Å². The van der Waals surface area contributed by atoms with E-state index < -0.39 is 6.61 Å². The van der Waals surface area contributed by atoms with Crippen LogP contribution in [-0.2, 0) is 13.1 Å². The quantitative estimate of drug-likeness (QED) is 0.464. The summed E-state index contributed by atoms with van der Waals surface area (Å²) in [6.07, 6.45) is 0. The fraction of sp³-hybridized carbons (Fsp3) is 0.250. The molecule has 148 valence electrons. The summed E-state index contributed by atoms with van der Waals surface area (Å²) < 4.78 is 34.8. The van der Waals surface area contributed by atoms with E-state index in [9.17, 15) is 8.78 Å². The standard InChI is InChI=1S/C20H19ClF2N2O2S/c1-25(10-13-7-8-17(26-2)18(9-13)27-20(22)23)11-14-12-28-19(24-14)15-5-3-4-6-16(15)21/h3-9,12,20H,10-11H2,1-2H3. The Labute approximate surface area is 171 Å². The van der Waals surface area contributed by atoms with Crippen LogP contribution < -0.4 is 9.47 Å². The van der Waals surface area contributed by atoms with Gasteiger partial charge in [0, 0.05) is 24.0 Å². The van der Waals surface area contributed by atoms with Gasteiger partial charge in [-0.25, -0.2) is 4.98 Å². The van der Waals surface area contributed by atoms with Gasteiger partial charge in [0.2, 0.25) is 0 Å². The molecule has 28 heavy (non-hydrogen) atoms. The van der Waals surface area contributed by atoms with Gasteiger partial charge in [0.15, 0.2) is 11.5 Å².